The maximum Gasteiger partial charge on any atom is 0.203 e. The van der Waals surface area contributed by atoms with Crippen molar-refractivity contribution in [2.24, 2.45) is 0 Å². The van der Waals surface area contributed by atoms with Crippen molar-refractivity contribution in [1.29, 1.82) is 0 Å². The van der Waals surface area contributed by atoms with Crippen LogP contribution in [0, 0.1) is 6.92 Å². The van der Waals surface area contributed by atoms with Crippen molar-refractivity contribution in [3.8, 4) is 0 Å². The fraction of sp³-hybridized carbons (Fsp3) is 0.462. The van der Waals surface area contributed by atoms with Crippen molar-refractivity contribution in [1.82, 2.24) is 9.55 Å². The Bertz CT molecular complexity index is 492. The summed E-state index contributed by atoms with van der Waals surface area (Å²) in [6, 6.07) is 4.57. The van der Waals surface area contributed by atoms with E-state index in [1.807, 2.05) is 23.7 Å². The van der Waals surface area contributed by atoms with Gasteiger partial charge in [-0.05, 0) is 26.0 Å². The van der Waals surface area contributed by atoms with Gasteiger partial charge in [-0.3, -0.25) is 0 Å². The summed E-state index contributed by atoms with van der Waals surface area (Å²) in [5.74, 6) is 0.894. The maximum absolute atomic E-state index is 5.12. The second kappa shape index (κ2) is 6.02. The van der Waals surface area contributed by atoms with E-state index < -0.39 is 0 Å². The van der Waals surface area contributed by atoms with Gasteiger partial charge in [-0.1, -0.05) is 0 Å². The lowest BCUT2D eigenvalue weighted by atomic mass is 10.4. The highest BCUT2D eigenvalue weighted by Crippen LogP contribution is 2.18. The Balaban J connectivity index is 2.03. The minimum Gasteiger partial charge on any atom is -0.383 e. The number of thiophene rings is 1. The van der Waals surface area contributed by atoms with Crippen molar-refractivity contribution < 1.29 is 4.74 Å². The molecule has 0 amide bonds. The minimum atomic E-state index is 0.251. The van der Waals surface area contributed by atoms with Gasteiger partial charge in [-0.2, -0.15) is 0 Å². The third-order valence-corrected chi connectivity index (χ3v) is 3.62. The van der Waals surface area contributed by atoms with Gasteiger partial charge >= 0.3 is 0 Å². The van der Waals surface area contributed by atoms with Crippen LogP contribution >= 0.6 is 11.3 Å². The van der Waals surface area contributed by atoms with Gasteiger partial charge in [-0.25, -0.2) is 4.98 Å². The molecule has 0 fully saturated rings. The molecule has 0 saturated carbocycles. The summed E-state index contributed by atoms with van der Waals surface area (Å²) < 4.78 is 7.24. The van der Waals surface area contributed by atoms with Gasteiger partial charge in [0.25, 0.3) is 0 Å². The molecule has 1 N–H and O–H groups in total. The SMILES string of the molecule is COCC(C)Nc1nccn1Cc1ccc(C)s1. The van der Waals surface area contributed by atoms with Crippen molar-refractivity contribution >= 4 is 17.3 Å². The number of aromatic nitrogens is 2. The second-order valence-corrected chi connectivity index (χ2v) is 5.76. The third kappa shape index (κ3) is 3.34. The van der Waals surface area contributed by atoms with Crippen LogP contribution in [-0.2, 0) is 11.3 Å². The maximum atomic E-state index is 5.12. The Morgan fingerprint density at radius 3 is 3.00 bits per heavy atom. The van der Waals surface area contributed by atoms with E-state index in [1.54, 1.807) is 7.11 Å². The first-order valence-electron chi connectivity index (χ1n) is 6.01. The van der Waals surface area contributed by atoms with Gasteiger partial charge in [0.15, 0.2) is 0 Å². The largest absolute Gasteiger partial charge is 0.383 e. The first kappa shape index (κ1) is 13.1. The van der Waals surface area contributed by atoms with Crippen molar-refractivity contribution in [2.45, 2.75) is 26.4 Å². The molecule has 2 aromatic rings. The zero-order valence-corrected chi connectivity index (χ0v) is 11.8. The first-order valence-corrected chi connectivity index (χ1v) is 6.82. The number of rotatable bonds is 6. The van der Waals surface area contributed by atoms with Crippen LogP contribution in [0.15, 0.2) is 24.5 Å². The molecule has 0 radical (unpaired) electrons. The van der Waals surface area contributed by atoms with E-state index in [1.165, 1.54) is 9.75 Å². The average Bonchev–Trinajstić information content (AvgIpc) is 2.90. The molecule has 0 bridgehead atoms. The molecule has 5 heteroatoms. The van der Waals surface area contributed by atoms with E-state index in [0.29, 0.717) is 6.61 Å². The summed E-state index contributed by atoms with van der Waals surface area (Å²) in [7, 11) is 1.71. The van der Waals surface area contributed by atoms with Crippen LogP contribution in [0.3, 0.4) is 0 Å². The van der Waals surface area contributed by atoms with Crippen molar-refractivity contribution in [3.05, 3.63) is 34.3 Å². The molecule has 0 spiro atoms. The van der Waals surface area contributed by atoms with Crippen molar-refractivity contribution in [3.63, 3.8) is 0 Å². The van der Waals surface area contributed by atoms with Gasteiger partial charge < -0.3 is 14.6 Å². The topological polar surface area (TPSA) is 39.1 Å². The number of nitrogens with one attached hydrogen (secondary N) is 1. The molecule has 2 aromatic heterocycles. The summed E-state index contributed by atoms with van der Waals surface area (Å²) >= 11 is 1.82. The minimum absolute atomic E-state index is 0.251. The molecule has 2 rings (SSSR count). The van der Waals surface area contributed by atoms with Crippen LogP contribution < -0.4 is 5.32 Å². The third-order valence-electron chi connectivity index (χ3n) is 2.63. The van der Waals surface area contributed by atoms with E-state index in [9.17, 15) is 0 Å². The molecule has 0 aliphatic rings. The molecule has 0 aliphatic carbocycles. The van der Waals surface area contributed by atoms with Crippen LogP contribution in [-0.4, -0.2) is 29.3 Å². The Kier molecular flexibility index (Phi) is 4.38. The van der Waals surface area contributed by atoms with Crippen LogP contribution in [0.2, 0.25) is 0 Å². The molecular formula is C13H19N3OS. The van der Waals surface area contributed by atoms with Gasteiger partial charge in [0, 0.05) is 35.3 Å². The first-order chi connectivity index (χ1) is 8.69. The quantitative estimate of drug-likeness (QED) is 0.873. The number of hydrogen-bond acceptors (Lipinski definition) is 4. The number of nitrogens with zero attached hydrogens (tertiary/aromatic N) is 2. The average molecular weight is 265 g/mol. The number of ether oxygens (including phenoxy) is 1. The van der Waals surface area contributed by atoms with Crippen LogP contribution in [0.25, 0.3) is 0 Å². The molecule has 0 aliphatic heterocycles. The molecule has 1 atom stereocenters. The standard InChI is InChI=1S/C13H19N3OS/c1-10(9-17-3)15-13-14-6-7-16(13)8-12-5-4-11(2)18-12/h4-7,10H,8-9H2,1-3H3,(H,14,15). The predicted molar refractivity (Wildman–Crippen MR) is 75.3 cm³/mol. The molecule has 2 heterocycles. The molecule has 0 saturated heterocycles. The molecule has 0 aromatic carbocycles. The van der Waals surface area contributed by atoms with E-state index >= 15 is 0 Å². The van der Waals surface area contributed by atoms with Crippen LogP contribution in [0.5, 0.6) is 0 Å². The fourth-order valence-corrected chi connectivity index (χ4v) is 2.72. The van der Waals surface area contributed by atoms with Crippen LogP contribution in [0.1, 0.15) is 16.7 Å². The van der Waals surface area contributed by atoms with Crippen LogP contribution in [0.4, 0.5) is 5.95 Å². The number of imidazole rings is 1. The zero-order chi connectivity index (χ0) is 13.0. The van der Waals surface area contributed by atoms with Gasteiger partial charge in [-0.15, -0.1) is 11.3 Å². The highest BCUT2D eigenvalue weighted by molar-refractivity contribution is 7.11. The van der Waals surface area contributed by atoms with Gasteiger partial charge in [0.05, 0.1) is 13.2 Å². The predicted octanol–water partition coefficient (Wildman–Crippen LogP) is 2.75. The monoisotopic (exact) mass is 265 g/mol. The molecule has 98 valence electrons. The van der Waals surface area contributed by atoms with E-state index in [2.05, 4.69) is 40.8 Å². The number of methoxy groups -OCH3 is 1. The number of aryl methyl sites for hydroxylation is 1. The van der Waals surface area contributed by atoms with E-state index in [0.717, 1.165) is 12.5 Å². The van der Waals surface area contributed by atoms with E-state index in [-0.39, 0.29) is 6.04 Å². The van der Waals surface area contributed by atoms with Crippen molar-refractivity contribution in [2.75, 3.05) is 19.0 Å². The summed E-state index contributed by atoms with van der Waals surface area (Å²) in [5, 5.41) is 3.35. The zero-order valence-electron chi connectivity index (χ0n) is 11.0. The lowest BCUT2D eigenvalue weighted by Gasteiger charge is -2.14. The van der Waals surface area contributed by atoms with E-state index in [4.69, 9.17) is 4.74 Å². The lowest BCUT2D eigenvalue weighted by Crippen LogP contribution is -2.23. The van der Waals surface area contributed by atoms with Gasteiger partial charge in [0.2, 0.25) is 5.95 Å². The Morgan fingerprint density at radius 1 is 1.50 bits per heavy atom. The summed E-state index contributed by atoms with van der Waals surface area (Å²) in [6.07, 6.45) is 3.82. The summed E-state index contributed by atoms with van der Waals surface area (Å²) in [6.45, 7) is 5.74. The molecular weight excluding hydrogens is 246 g/mol. The number of anilines is 1. The summed E-state index contributed by atoms with van der Waals surface area (Å²) in [5.41, 5.74) is 0. The Morgan fingerprint density at radius 2 is 2.33 bits per heavy atom. The Hall–Kier alpha value is -1.33. The lowest BCUT2D eigenvalue weighted by molar-refractivity contribution is 0.190. The number of hydrogen-bond donors (Lipinski definition) is 1. The van der Waals surface area contributed by atoms with Gasteiger partial charge in [0.1, 0.15) is 0 Å². The molecule has 18 heavy (non-hydrogen) atoms. The second-order valence-electron chi connectivity index (χ2n) is 4.39. The highest BCUT2D eigenvalue weighted by atomic mass is 32.1. The summed E-state index contributed by atoms with van der Waals surface area (Å²) in [4.78, 5) is 7.02. The Labute approximate surface area is 112 Å². The smallest absolute Gasteiger partial charge is 0.203 e. The highest BCUT2D eigenvalue weighted by Gasteiger charge is 2.08. The molecule has 4 nitrogen and oxygen atoms in total. The normalized spacial score (nSPS) is 12.6. The molecule has 1 unspecified atom stereocenters. The fourth-order valence-electron chi connectivity index (χ4n) is 1.83.